The second-order valence-corrected chi connectivity index (χ2v) is 8.09. The highest BCUT2D eigenvalue weighted by Crippen LogP contribution is 2.30. The van der Waals surface area contributed by atoms with Crippen LogP contribution in [0.4, 0.5) is 5.69 Å². The van der Waals surface area contributed by atoms with Crippen molar-refractivity contribution in [3.05, 3.63) is 57.7 Å². The Kier molecular flexibility index (Phi) is 5.80. The lowest BCUT2D eigenvalue weighted by Crippen LogP contribution is -2.14. The third-order valence-corrected chi connectivity index (χ3v) is 5.63. The van der Waals surface area contributed by atoms with Gasteiger partial charge in [0.15, 0.2) is 0 Å². The molecule has 142 valence electrons. The van der Waals surface area contributed by atoms with Crippen LogP contribution >= 0.6 is 11.3 Å². The summed E-state index contributed by atoms with van der Waals surface area (Å²) in [5.41, 5.74) is 6.65. The molecule has 2 heterocycles. The molecule has 27 heavy (non-hydrogen) atoms. The van der Waals surface area contributed by atoms with Crippen molar-refractivity contribution >= 4 is 22.9 Å². The second-order valence-electron chi connectivity index (χ2n) is 7.15. The highest BCUT2D eigenvalue weighted by atomic mass is 32.1. The van der Waals surface area contributed by atoms with Crippen LogP contribution in [0.2, 0.25) is 0 Å². The van der Waals surface area contributed by atoms with Gasteiger partial charge in [-0.2, -0.15) is 0 Å². The van der Waals surface area contributed by atoms with Gasteiger partial charge in [0.05, 0.1) is 12.1 Å². The number of hydrogen-bond acceptors (Lipinski definition) is 3. The van der Waals surface area contributed by atoms with Crippen molar-refractivity contribution < 1.29 is 4.79 Å². The normalized spacial score (nSPS) is 11.2. The molecule has 0 saturated heterocycles. The van der Waals surface area contributed by atoms with Gasteiger partial charge >= 0.3 is 0 Å². The van der Waals surface area contributed by atoms with Crippen LogP contribution in [0.15, 0.2) is 35.7 Å². The van der Waals surface area contributed by atoms with Gasteiger partial charge in [-0.05, 0) is 57.9 Å². The summed E-state index contributed by atoms with van der Waals surface area (Å²) in [4.78, 5) is 17.1. The monoisotopic (exact) mass is 381 g/mol. The maximum absolute atomic E-state index is 12.3. The zero-order valence-electron chi connectivity index (χ0n) is 16.7. The molecule has 0 atom stereocenters. The third kappa shape index (κ3) is 4.30. The lowest BCUT2D eigenvalue weighted by molar-refractivity contribution is -0.115. The second kappa shape index (κ2) is 8.09. The number of rotatable bonds is 6. The number of benzene rings is 1. The molecular formula is C22H27N3OS. The van der Waals surface area contributed by atoms with Crippen LogP contribution in [-0.4, -0.2) is 15.5 Å². The number of carbonyl (C=O) groups is 1. The van der Waals surface area contributed by atoms with E-state index in [2.05, 4.69) is 50.6 Å². The minimum atomic E-state index is -0.0344. The van der Waals surface area contributed by atoms with E-state index in [1.165, 1.54) is 17.0 Å². The van der Waals surface area contributed by atoms with E-state index in [4.69, 9.17) is 4.98 Å². The van der Waals surface area contributed by atoms with Gasteiger partial charge in [0.1, 0.15) is 5.01 Å². The number of aryl methyl sites for hydroxylation is 2. The lowest BCUT2D eigenvalue weighted by atomic mass is 10.1. The van der Waals surface area contributed by atoms with Crippen LogP contribution < -0.4 is 5.32 Å². The molecule has 0 bridgehead atoms. The van der Waals surface area contributed by atoms with E-state index in [0.29, 0.717) is 12.5 Å². The van der Waals surface area contributed by atoms with Crippen molar-refractivity contribution in [2.75, 3.05) is 5.32 Å². The predicted octanol–water partition coefficient (Wildman–Crippen LogP) is 5.55. The summed E-state index contributed by atoms with van der Waals surface area (Å²) in [6.45, 7) is 10.8. The fourth-order valence-electron chi connectivity index (χ4n) is 3.51. The Bertz CT molecular complexity index is 935. The first-order chi connectivity index (χ1) is 12.9. The summed E-state index contributed by atoms with van der Waals surface area (Å²) in [6.07, 6.45) is 1.29. The number of amides is 1. The Balaban J connectivity index is 1.70. The van der Waals surface area contributed by atoms with Crippen LogP contribution in [0.1, 0.15) is 48.8 Å². The van der Waals surface area contributed by atoms with Crippen molar-refractivity contribution in [3.8, 4) is 11.3 Å². The van der Waals surface area contributed by atoms with E-state index in [0.717, 1.165) is 28.4 Å². The van der Waals surface area contributed by atoms with Gasteiger partial charge in [-0.1, -0.05) is 19.1 Å². The van der Waals surface area contributed by atoms with Gasteiger partial charge in [-0.15, -0.1) is 11.3 Å². The lowest BCUT2D eigenvalue weighted by Gasteiger charge is -2.13. The maximum Gasteiger partial charge on any atom is 0.231 e. The summed E-state index contributed by atoms with van der Waals surface area (Å²) >= 11 is 1.54. The van der Waals surface area contributed by atoms with Gasteiger partial charge in [-0.25, -0.2) is 4.98 Å². The van der Waals surface area contributed by atoms with Gasteiger partial charge in [0.25, 0.3) is 0 Å². The van der Waals surface area contributed by atoms with Gasteiger partial charge < -0.3 is 9.88 Å². The standard InChI is InChI=1S/C22H27N3OS/c1-6-17-7-9-18(10-8-17)23-21(26)12-22-24-20(13-27-22)19-11-15(4)25(14(2)3)16(19)5/h7-11,13-14H,6,12H2,1-5H3,(H,23,26). The molecular weight excluding hydrogens is 354 g/mol. The SMILES string of the molecule is CCc1ccc(NC(=O)Cc2nc(-c3cc(C)n(C(C)C)c3C)cs2)cc1. The quantitative estimate of drug-likeness (QED) is 0.608. The molecule has 1 N–H and O–H groups in total. The topological polar surface area (TPSA) is 46.9 Å². The molecule has 0 spiro atoms. The maximum atomic E-state index is 12.3. The van der Waals surface area contributed by atoms with E-state index in [1.807, 2.05) is 29.6 Å². The molecule has 0 aliphatic heterocycles. The van der Waals surface area contributed by atoms with E-state index in [9.17, 15) is 4.79 Å². The minimum Gasteiger partial charge on any atom is -0.346 e. The number of hydrogen-bond donors (Lipinski definition) is 1. The average Bonchev–Trinajstić information content (AvgIpc) is 3.19. The van der Waals surface area contributed by atoms with Crippen molar-refractivity contribution in [2.24, 2.45) is 0 Å². The van der Waals surface area contributed by atoms with Crippen molar-refractivity contribution in [1.82, 2.24) is 9.55 Å². The smallest absolute Gasteiger partial charge is 0.231 e. The fourth-order valence-corrected chi connectivity index (χ4v) is 4.31. The molecule has 1 aromatic carbocycles. The highest BCUT2D eigenvalue weighted by Gasteiger charge is 2.16. The van der Waals surface area contributed by atoms with Crippen LogP contribution in [0.25, 0.3) is 11.3 Å². The van der Waals surface area contributed by atoms with Gasteiger partial charge in [0.2, 0.25) is 5.91 Å². The summed E-state index contributed by atoms with van der Waals surface area (Å²) in [6, 6.07) is 10.6. The van der Waals surface area contributed by atoms with Gasteiger partial charge in [0, 0.05) is 34.1 Å². The largest absolute Gasteiger partial charge is 0.346 e. The molecule has 5 heteroatoms. The summed E-state index contributed by atoms with van der Waals surface area (Å²) in [7, 11) is 0. The molecule has 0 aliphatic rings. The molecule has 0 unspecified atom stereocenters. The first-order valence-electron chi connectivity index (χ1n) is 9.41. The number of anilines is 1. The third-order valence-electron chi connectivity index (χ3n) is 4.79. The molecule has 3 rings (SSSR count). The Morgan fingerprint density at radius 2 is 1.93 bits per heavy atom. The molecule has 4 nitrogen and oxygen atoms in total. The highest BCUT2D eigenvalue weighted by molar-refractivity contribution is 7.10. The summed E-state index contributed by atoms with van der Waals surface area (Å²) in [5.74, 6) is -0.0344. The van der Waals surface area contributed by atoms with Crippen LogP contribution in [0, 0.1) is 13.8 Å². The fraction of sp³-hybridized carbons (Fsp3) is 0.364. The predicted molar refractivity (Wildman–Crippen MR) is 114 cm³/mol. The van der Waals surface area contributed by atoms with E-state index in [-0.39, 0.29) is 5.91 Å². The Morgan fingerprint density at radius 3 is 2.52 bits per heavy atom. The molecule has 3 aromatic rings. The van der Waals surface area contributed by atoms with Gasteiger partial charge in [-0.3, -0.25) is 4.79 Å². The van der Waals surface area contributed by atoms with E-state index in [1.54, 1.807) is 11.3 Å². The number of carbonyl (C=O) groups excluding carboxylic acids is 1. The number of nitrogens with zero attached hydrogens (tertiary/aromatic N) is 2. The van der Waals surface area contributed by atoms with Crippen molar-refractivity contribution in [3.63, 3.8) is 0 Å². The van der Waals surface area contributed by atoms with Crippen molar-refractivity contribution in [2.45, 2.75) is 53.5 Å². The van der Waals surface area contributed by atoms with Crippen LogP contribution in [0.5, 0.6) is 0 Å². The van der Waals surface area contributed by atoms with E-state index >= 15 is 0 Å². The number of aromatic nitrogens is 2. The minimum absolute atomic E-state index is 0.0344. The number of thiazole rings is 1. The first-order valence-corrected chi connectivity index (χ1v) is 10.3. The summed E-state index contributed by atoms with van der Waals surface area (Å²) in [5, 5.41) is 5.84. The molecule has 0 fully saturated rings. The Hall–Kier alpha value is -2.40. The molecule has 0 saturated carbocycles. The molecule has 0 radical (unpaired) electrons. The number of nitrogens with one attached hydrogen (secondary N) is 1. The Labute approximate surface area is 165 Å². The van der Waals surface area contributed by atoms with Crippen LogP contribution in [-0.2, 0) is 17.6 Å². The van der Waals surface area contributed by atoms with Crippen molar-refractivity contribution in [1.29, 1.82) is 0 Å². The first kappa shape index (κ1) is 19.4. The van der Waals surface area contributed by atoms with E-state index < -0.39 is 0 Å². The zero-order valence-corrected chi connectivity index (χ0v) is 17.5. The molecule has 1 amide bonds. The molecule has 2 aromatic heterocycles. The van der Waals surface area contributed by atoms with Crippen LogP contribution in [0.3, 0.4) is 0 Å². The summed E-state index contributed by atoms with van der Waals surface area (Å²) < 4.78 is 2.32. The average molecular weight is 382 g/mol. The Morgan fingerprint density at radius 1 is 1.22 bits per heavy atom. The zero-order chi connectivity index (χ0) is 19.6. The molecule has 0 aliphatic carbocycles.